The van der Waals surface area contributed by atoms with Crippen LogP contribution in [-0.4, -0.2) is 18.1 Å². The van der Waals surface area contributed by atoms with Crippen LogP contribution in [0.15, 0.2) is 18.2 Å². The van der Waals surface area contributed by atoms with E-state index in [9.17, 15) is 0 Å². The fourth-order valence-corrected chi connectivity index (χ4v) is 6.13. The topological polar surface area (TPSA) is 36.1 Å². The van der Waals surface area contributed by atoms with E-state index in [0.29, 0.717) is 18.1 Å². The van der Waals surface area contributed by atoms with Crippen molar-refractivity contribution in [1.29, 1.82) is 0 Å². The number of hydrogen-bond acceptors (Lipinski definition) is 3. The minimum Gasteiger partial charge on any atom is -0.380 e. The molecule has 0 saturated heterocycles. The van der Waals surface area contributed by atoms with Crippen LogP contribution in [0.4, 0.5) is 17.1 Å². The number of para-hydroxylation sites is 1. The van der Waals surface area contributed by atoms with E-state index in [1.807, 2.05) is 0 Å². The highest BCUT2D eigenvalue weighted by atomic mass is 15.0. The average Bonchev–Trinajstić information content (AvgIpc) is 2.75. The second kappa shape index (κ2) is 10.3. The molecule has 0 aromatic heterocycles. The Morgan fingerprint density at radius 1 is 0.533 bits per heavy atom. The fraction of sp³-hybridized carbons (Fsp3) is 0.778. The van der Waals surface area contributed by atoms with E-state index in [4.69, 9.17) is 0 Å². The van der Waals surface area contributed by atoms with Crippen LogP contribution in [0.3, 0.4) is 0 Å². The molecule has 0 heterocycles. The highest BCUT2D eigenvalue weighted by molar-refractivity contribution is 5.83. The van der Waals surface area contributed by atoms with Gasteiger partial charge in [-0.3, -0.25) is 0 Å². The monoisotopic (exact) mass is 411 g/mol. The predicted molar refractivity (Wildman–Crippen MR) is 132 cm³/mol. The van der Waals surface area contributed by atoms with E-state index >= 15 is 0 Å². The molecule has 3 fully saturated rings. The van der Waals surface area contributed by atoms with Gasteiger partial charge < -0.3 is 16.0 Å². The third-order valence-corrected chi connectivity index (χ3v) is 8.41. The maximum atomic E-state index is 4.05. The second-order valence-corrected chi connectivity index (χ2v) is 10.8. The van der Waals surface area contributed by atoms with Crippen molar-refractivity contribution < 1.29 is 0 Å². The molecular formula is C27H45N3. The summed E-state index contributed by atoms with van der Waals surface area (Å²) in [6.07, 6.45) is 16.2. The minimum atomic E-state index is 0.592. The van der Waals surface area contributed by atoms with Crippen LogP contribution in [0.5, 0.6) is 0 Å². The van der Waals surface area contributed by atoms with E-state index < -0.39 is 0 Å². The van der Waals surface area contributed by atoms with Crippen molar-refractivity contribution in [2.45, 2.75) is 116 Å². The van der Waals surface area contributed by atoms with Gasteiger partial charge in [-0.15, -0.1) is 0 Å². The lowest BCUT2D eigenvalue weighted by Gasteiger charge is -2.36. The van der Waals surface area contributed by atoms with Gasteiger partial charge in [0.15, 0.2) is 0 Å². The van der Waals surface area contributed by atoms with Crippen molar-refractivity contribution in [3.8, 4) is 0 Å². The van der Waals surface area contributed by atoms with Crippen molar-refractivity contribution in [3.63, 3.8) is 0 Å². The van der Waals surface area contributed by atoms with Gasteiger partial charge in [0.1, 0.15) is 0 Å². The second-order valence-electron chi connectivity index (χ2n) is 10.8. The van der Waals surface area contributed by atoms with Crippen molar-refractivity contribution in [1.82, 2.24) is 0 Å². The largest absolute Gasteiger partial charge is 0.380 e. The number of rotatable bonds is 6. The first-order chi connectivity index (χ1) is 14.6. The summed E-state index contributed by atoms with van der Waals surface area (Å²) < 4.78 is 0. The zero-order chi connectivity index (χ0) is 20.9. The van der Waals surface area contributed by atoms with Gasteiger partial charge >= 0.3 is 0 Å². The smallest absolute Gasteiger partial charge is 0.0813 e. The molecule has 3 N–H and O–H groups in total. The molecule has 3 aliphatic carbocycles. The third kappa shape index (κ3) is 5.26. The van der Waals surface area contributed by atoms with Crippen molar-refractivity contribution >= 4 is 17.1 Å². The first-order valence-corrected chi connectivity index (χ1v) is 13.0. The van der Waals surface area contributed by atoms with Crippen LogP contribution < -0.4 is 16.0 Å². The molecular weight excluding hydrogens is 366 g/mol. The number of hydrogen-bond donors (Lipinski definition) is 3. The molecule has 3 saturated carbocycles. The van der Waals surface area contributed by atoms with Crippen LogP contribution in [0.25, 0.3) is 0 Å². The highest BCUT2D eigenvalue weighted by Crippen LogP contribution is 2.39. The zero-order valence-electron chi connectivity index (χ0n) is 19.7. The summed E-state index contributed by atoms with van der Waals surface area (Å²) in [5.41, 5.74) is 3.98. The Labute approximate surface area is 185 Å². The van der Waals surface area contributed by atoms with Gasteiger partial charge in [0.25, 0.3) is 0 Å². The zero-order valence-corrected chi connectivity index (χ0v) is 19.7. The summed E-state index contributed by atoms with van der Waals surface area (Å²) in [7, 11) is 0. The van der Waals surface area contributed by atoms with E-state index in [-0.39, 0.29) is 0 Å². The van der Waals surface area contributed by atoms with Crippen LogP contribution in [0, 0.1) is 17.8 Å². The molecule has 0 amide bonds. The first-order valence-electron chi connectivity index (χ1n) is 13.0. The SMILES string of the molecule is CC1CCCCC1Nc1cccc(NC2CCCCC2C)c1NC1CCCCC1C. The van der Waals surface area contributed by atoms with E-state index in [2.05, 4.69) is 54.9 Å². The third-order valence-electron chi connectivity index (χ3n) is 8.41. The van der Waals surface area contributed by atoms with Gasteiger partial charge in [-0.05, 0) is 68.4 Å². The Hall–Kier alpha value is -1.38. The van der Waals surface area contributed by atoms with Crippen molar-refractivity contribution in [2.75, 3.05) is 16.0 Å². The Bertz CT molecular complexity index is 630. The normalized spacial score (nSPS) is 34.9. The molecule has 0 aliphatic heterocycles. The quantitative estimate of drug-likeness (QED) is 0.449. The first kappa shape index (κ1) is 21.8. The molecule has 6 unspecified atom stereocenters. The van der Waals surface area contributed by atoms with E-state index in [0.717, 1.165) is 17.8 Å². The Balaban J connectivity index is 1.58. The van der Waals surface area contributed by atoms with E-state index in [1.54, 1.807) is 0 Å². The summed E-state index contributed by atoms with van der Waals surface area (Å²) in [6, 6.07) is 8.68. The average molecular weight is 412 g/mol. The number of anilines is 3. The van der Waals surface area contributed by atoms with Crippen LogP contribution in [0.2, 0.25) is 0 Å². The number of nitrogens with one attached hydrogen (secondary N) is 3. The Kier molecular flexibility index (Phi) is 7.49. The minimum absolute atomic E-state index is 0.592. The maximum absolute atomic E-state index is 4.05. The molecule has 0 spiro atoms. The molecule has 3 nitrogen and oxygen atoms in total. The van der Waals surface area contributed by atoms with Gasteiger partial charge in [-0.25, -0.2) is 0 Å². The van der Waals surface area contributed by atoms with Crippen LogP contribution >= 0.6 is 0 Å². The Morgan fingerprint density at radius 3 is 1.30 bits per heavy atom. The summed E-state index contributed by atoms with van der Waals surface area (Å²) in [5.74, 6) is 2.27. The standard InChI is InChI=1S/C27H45N3/c1-19-11-4-7-14-22(19)28-25-17-10-18-26(29-23-15-8-5-12-20(23)2)27(25)30-24-16-9-6-13-21(24)3/h10,17-24,28-30H,4-9,11-16H2,1-3H3. The van der Waals surface area contributed by atoms with Gasteiger partial charge in [0, 0.05) is 18.1 Å². The van der Waals surface area contributed by atoms with Gasteiger partial charge in [-0.2, -0.15) is 0 Å². The molecule has 1 aromatic rings. The van der Waals surface area contributed by atoms with Gasteiger partial charge in [0.2, 0.25) is 0 Å². The molecule has 1 aromatic carbocycles. The Morgan fingerprint density at radius 2 is 0.900 bits per heavy atom. The van der Waals surface area contributed by atoms with Gasteiger partial charge in [-0.1, -0.05) is 65.4 Å². The molecule has 30 heavy (non-hydrogen) atoms. The van der Waals surface area contributed by atoms with Crippen molar-refractivity contribution in [3.05, 3.63) is 18.2 Å². The molecule has 0 radical (unpaired) electrons. The molecule has 0 bridgehead atoms. The molecule has 4 rings (SSSR count). The summed E-state index contributed by atoms with van der Waals surface area (Å²) >= 11 is 0. The molecule has 3 aliphatic rings. The van der Waals surface area contributed by atoms with Crippen molar-refractivity contribution in [2.24, 2.45) is 17.8 Å². The van der Waals surface area contributed by atoms with Crippen LogP contribution in [-0.2, 0) is 0 Å². The maximum Gasteiger partial charge on any atom is 0.0813 e. The summed E-state index contributed by atoms with van der Waals surface area (Å²) in [4.78, 5) is 0. The lowest BCUT2D eigenvalue weighted by molar-refractivity contribution is 0.346. The summed E-state index contributed by atoms with van der Waals surface area (Å²) in [5, 5.41) is 12.0. The molecule has 6 atom stereocenters. The van der Waals surface area contributed by atoms with Crippen LogP contribution in [0.1, 0.15) is 97.8 Å². The van der Waals surface area contributed by atoms with E-state index in [1.165, 1.54) is 94.1 Å². The lowest BCUT2D eigenvalue weighted by Crippen LogP contribution is -2.34. The molecule has 3 heteroatoms. The fourth-order valence-electron chi connectivity index (χ4n) is 6.13. The summed E-state index contributed by atoms with van der Waals surface area (Å²) in [6.45, 7) is 7.30. The lowest BCUT2D eigenvalue weighted by atomic mass is 9.84. The number of benzene rings is 1. The van der Waals surface area contributed by atoms with Gasteiger partial charge in [0.05, 0.1) is 17.1 Å². The predicted octanol–water partition coefficient (Wildman–Crippen LogP) is 7.66. The molecule has 168 valence electrons. The highest BCUT2D eigenvalue weighted by Gasteiger charge is 2.27.